The number of methoxy groups -OCH3 is 1. The number of carbonyl (C=O) groups excluding carboxylic acids is 1. The van der Waals surface area contributed by atoms with Gasteiger partial charge in [0.25, 0.3) is 0 Å². The van der Waals surface area contributed by atoms with Crippen LogP contribution >= 0.6 is 0 Å². The van der Waals surface area contributed by atoms with Crippen LogP contribution in [0.15, 0.2) is 30.9 Å². The van der Waals surface area contributed by atoms with Gasteiger partial charge in [-0.3, -0.25) is 4.79 Å². The van der Waals surface area contributed by atoms with E-state index in [0.717, 1.165) is 32.1 Å². The Kier molecular flexibility index (Phi) is 5.54. The lowest BCUT2D eigenvalue weighted by Gasteiger charge is -2.27. The van der Waals surface area contributed by atoms with Gasteiger partial charge in [0.2, 0.25) is 0 Å². The lowest BCUT2D eigenvalue weighted by molar-refractivity contribution is 0.0939. The minimum absolute atomic E-state index is 0.0951. The van der Waals surface area contributed by atoms with Gasteiger partial charge in [0.15, 0.2) is 5.78 Å². The first-order valence-corrected chi connectivity index (χ1v) is 7.61. The molecule has 0 radical (unpaired) electrons. The van der Waals surface area contributed by atoms with Crippen molar-refractivity contribution in [1.82, 2.24) is 0 Å². The molecule has 21 heavy (non-hydrogen) atoms. The van der Waals surface area contributed by atoms with Gasteiger partial charge in [0.1, 0.15) is 11.6 Å². The number of ether oxygens (including phenoxy) is 1. The van der Waals surface area contributed by atoms with Crippen molar-refractivity contribution in [3.63, 3.8) is 0 Å². The molecule has 0 aliphatic heterocycles. The van der Waals surface area contributed by atoms with Crippen molar-refractivity contribution in [2.75, 3.05) is 7.11 Å². The highest BCUT2D eigenvalue weighted by Gasteiger charge is 2.24. The van der Waals surface area contributed by atoms with Crippen LogP contribution in [-0.2, 0) is 0 Å². The second-order valence-electron chi connectivity index (χ2n) is 5.88. The van der Waals surface area contributed by atoms with E-state index in [0.29, 0.717) is 24.0 Å². The number of hydrogen-bond acceptors (Lipinski definition) is 2. The van der Waals surface area contributed by atoms with Gasteiger partial charge in [-0.1, -0.05) is 6.08 Å². The van der Waals surface area contributed by atoms with Crippen molar-refractivity contribution in [3.05, 3.63) is 42.2 Å². The average molecular weight is 290 g/mol. The lowest BCUT2D eigenvalue weighted by atomic mass is 9.78. The smallest absolute Gasteiger partial charge is 0.166 e. The SMILES string of the molecule is C=CCC1CCC(CC(=O)c2ccc(OC)cc2F)CC1. The van der Waals surface area contributed by atoms with Gasteiger partial charge >= 0.3 is 0 Å². The molecule has 114 valence electrons. The minimum Gasteiger partial charge on any atom is -0.497 e. The number of Topliss-reactive ketones (excluding diaryl/α,β-unsaturated/α-hetero) is 1. The molecule has 0 N–H and O–H groups in total. The molecule has 0 aromatic heterocycles. The third kappa shape index (κ3) is 4.16. The van der Waals surface area contributed by atoms with Crippen LogP contribution in [0.3, 0.4) is 0 Å². The molecule has 0 bridgehead atoms. The van der Waals surface area contributed by atoms with Crippen molar-refractivity contribution >= 4 is 5.78 Å². The van der Waals surface area contributed by atoms with Gasteiger partial charge in [-0.2, -0.15) is 0 Å². The maximum Gasteiger partial charge on any atom is 0.166 e. The highest BCUT2D eigenvalue weighted by atomic mass is 19.1. The zero-order valence-corrected chi connectivity index (χ0v) is 12.6. The van der Waals surface area contributed by atoms with Crippen LogP contribution in [0.4, 0.5) is 4.39 Å². The second kappa shape index (κ2) is 7.39. The molecule has 0 heterocycles. The predicted octanol–water partition coefficient (Wildman–Crippen LogP) is 4.79. The Morgan fingerprint density at radius 1 is 1.33 bits per heavy atom. The van der Waals surface area contributed by atoms with E-state index in [1.54, 1.807) is 6.07 Å². The Morgan fingerprint density at radius 3 is 2.57 bits per heavy atom. The molecule has 0 unspecified atom stereocenters. The van der Waals surface area contributed by atoms with Gasteiger partial charge < -0.3 is 4.74 Å². The molecule has 1 fully saturated rings. The number of benzene rings is 1. The number of rotatable bonds is 6. The highest BCUT2D eigenvalue weighted by Crippen LogP contribution is 2.33. The third-order valence-electron chi connectivity index (χ3n) is 4.42. The topological polar surface area (TPSA) is 26.3 Å². The van der Waals surface area contributed by atoms with Crippen LogP contribution < -0.4 is 4.74 Å². The van der Waals surface area contributed by atoms with Crippen LogP contribution in [0.25, 0.3) is 0 Å². The van der Waals surface area contributed by atoms with E-state index >= 15 is 0 Å². The summed E-state index contributed by atoms with van der Waals surface area (Å²) in [5.41, 5.74) is 0.184. The summed E-state index contributed by atoms with van der Waals surface area (Å²) in [4.78, 5) is 12.2. The van der Waals surface area contributed by atoms with E-state index in [4.69, 9.17) is 4.74 Å². The van der Waals surface area contributed by atoms with E-state index in [2.05, 4.69) is 6.58 Å². The third-order valence-corrected chi connectivity index (χ3v) is 4.42. The zero-order chi connectivity index (χ0) is 15.2. The van der Waals surface area contributed by atoms with Gasteiger partial charge in [0, 0.05) is 12.5 Å². The van der Waals surface area contributed by atoms with E-state index < -0.39 is 5.82 Å². The first-order chi connectivity index (χ1) is 10.1. The summed E-state index contributed by atoms with van der Waals surface area (Å²) in [6.45, 7) is 3.78. The van der Waals surface area contributed by atoms with E-state index in [-0.39, 0.29) is 11.3 Å². The summed E-state index contributed by atoms with van der Waals surface area (Å²) >= 11 is 0. The quantitative estimate of drug-likeness (QED) is 0.556. The fourth-order valence-corrected chi connectivity index (χ4v) is 3.13. The molecule has 1 aliphatic rings. The Labute approximate surface area is 126 Å². The Bertz CT molecular complexity index is 502. The first kappa shape index (κ1) is 15.7. The number of hydrogen-bond donors (Lipinski definition) is 0. The molecule has 1 aromatic rings. The molecule has 2 nitrogen and oxygen atoms in total. The standard InChI is InChI=1S/C18H23FO2/c1-3-4-13-5-7-14(8-6-13)11-18(20)16-10-9-15(21-2)12-17(16)19/h3,9-10,12-14H,1,4-8,11H2,2H3. The molecular formula is C18H23FO2. The summed E-state index contributed by atoms with van der Waals surface area (Å²) in [7, 11) is 1.48. The monoisotopic (exact) mass is 290 g/mol. The average Bonchev–Trinajstić information content (AvgIpc) is 2.49. The van der Waals surface area contributed by atoms with Gasteiger partial charge in [-0.25, -0.2) is 4.39 Å². The molecule has 0 saturated heterocycles. The normalized spacial score (nSPS) is 21.8. The Morgan fingerprint density at radius 2 is 2.00 bits per heavy atom. The summed E-state index contributed by atoms with van der Waals surface area (Å²) < 4.78 is 18.8. The Hall–Kier alpha value is -1.64. The fraction of sp³-hybridized carbons (Fsp3) is 0.500. The summed E-state index contributed by atoms with van der Waals surface area (Å²) in [6.07, 6.45) is 7.90. The van der Waals surface area contributed by atoms with Crippen LogP contribution in [0, 0.1) is 17.7 Å². The second-order valence-corrected chi connectivity index (χ2v) is 5.88. The number of allylic oxidation sites excluding steroid dienone is 1. The molecule has 1 aromatic carbocycles. The van der Waals surface area contributed by atoms with Crippen molar-refractivity contribution < 1.29 is 13.9 Å². The minimum atomic E-state index is -0.486. The largest absolute Gasteiger partial charge is 0.497 e. The summed E-state index contributed by atoms with van der Waals surface area (Å²) in [5, 5.41) is 0. The van der Waals surface area contributed by atoms with Crippen molar-refractivity contribution in [1.29, 1.82) is 0 Å². The molecule has 1 saturated carbocycles. The molecule has 2 rings (SSSR count). The van der Waals surface area contributed by atoms with Crippen molar-refractivity contribution in [3.8, 4) is 5.75 Å². The van der Waals surface area contributed by atoms with Crippen molar-refractivity contribution in [2.24, 2.45) is 11.8 Å². The molecule has 0 amide bonds. The molecule has 0 spiro atoms. The van der Waals surface area contributed by atoms with E-state index in [1.807, 2.05) is 6.08 Å². The van der Waals surface area contributed by atoms with Crippen LogP contribution in [0.5, 0.6) is 5.75 Å². The fourth-order valence-electron chi connectivity index (χ4n) is 3.13. The molecular weight excluding hydrogens is 267 g/mol. The molecule has 0 atom stereocenters. The van der Waals surface area contributed by atoms with E-state index in [1.165, 1.54) is 19.2 Å². The van der Waals surface area contributed by atoms with Gasteiger partial charge in [0.05, 0.1) is 12.7 Å². The molecule has 3 heteroatoms. The van der Waals surface area contributed by atoms with Crippen LogP contribution in [0.1, 0.15) is 48.9 Å². The first-order valence-electron chi connectivity index (χ1n) is 7.61. The lowest BCUT2D eigenvalue weighted by Crippen LogP contribution is -2.17. The maximum atomic E-state index is 13.9. The highest BCUT2D eigenvalue weighted by molar-refractivity contribution is 5.96. The van der Waals surface area contributed by atoms with E-state index in [9.17, 15) is 9.18 Å². The van der Waals surface area contributed by atoms with Crippen LogP contribution in [-0.4, -0.2) is 12.9 Å². The Balaban J connectivity index is 1.92. The van der Waals surface area contributed by atoms with Crippen LogP contribution in [0.2, 0.25) is 0 Å². The number of carbonyl (C=O) groups is 1. The summed E-state index contributed by atoms with van der Waals surface area (Å²) in [6, 6.07) is 4.44. The number of ketones is 1. The summed E-state index contributed by atoms with van der Waals surface area (Å²) in [5.74, 6) is 0.961. The number of halogens is 1. The van der Waals surface area contributed by atoms with Crippen molar-refractivity contribution in [2.45, 2.75) is 38.5 Å². The van der Waals surface area contributed by atoms with Gasteiger partial charge in [-0.15, -0.1) is 6.58 Å². The zero-order valence-electron chi connectivity index (χ0n) is 12.6. The maximum absolute atomic E-state index is 13.9. The predicted molar refractivity (Wildman–Crippen MR) is 82.2 cm³/mol. The van der Waals surface area contributed by atoms with Gasteiger partial charge in [-0.05, 0) is 56.1 Å². The molecule has 1 aliphatic carbocycles.